The van der Waals surface area contributed by atoms with Gasteiger partial charge in [0.15, 0.2) is 17.3 Å². The number of hydrogen-bond acceptors (Lipinski definition) is 8. The molecule has 0 radical (unpaired) electrons. The molecule has 8 nitrogen and oxygen atoms in total. The zero-order valence-electron chi connectivity index (χ0n) is 20.2. The van der Waals surface area contributed by atoms with Gasteiger partial charge in [-0.25, -0.2) is 14.4 Å². The number of nitrogens with zero attached hydrogens (tertiary/aromatic N) is 2. The molecule has 188 valence electrons. The summed E-state index contributed by atoms with van der Waals surface area (Å²) in [5.41, 5.74) is 2.79. The van der Waals surface area contributed by atoms with E-state index < -0.39 is 0 Å². The lowest BCUT2D eigenvalue weighted by Gasteiger charge is -2.15. The van der Waals surface area contributed by atoms with E-state index in [-0.39, 0.29) is 18.2 Å². The average molecular weight is 501 g/mol. The fourth-order valence-electron chi connectivity index (χ4n) is 3.66. The van der Waals surface area contributed by atoms with E-state index in [0.717, 1.165) is 0 Å². The Labute approximate surface area is 213 Å². The standard InChI is InChI=1S/C28H25FN4O4/c1-36-25-16-22(15-19(17-34)26(25)37-2)33-27-18(5-3-13-30-27)7-12-24(35)23-6-4-14-31-28(23)32-21-10-8-20(29)9-11-21/h3-16,34H,17H2,1-2H3,(H,30,33)(H,31,32)/b12-7+. The summed E-state index contributed by atoms with van der Waals surface area (Å²) in [6.07, 6.45) is 6.28. The molecule has 0 bridgehead atoms. The summed E-state index contributed by atoms with van der Waals surface area (Å²) in [6.45, 7) is -0.238. The Kier molecular flexibility index (Phi) is 8.07. The van der Waals surface area contributed by atoms with Crippen molar-refractivity contribution in [2.75, 3.05) is 24.9 Å². The van der Waals surface area contributed by atoms with Gasteiger partial charge < -0.3 is 25.2 Å². The highest BCUT2D eigenvalue weighted by atomic mass is 19.1. The summed E-state index contributed by atoms with van der Waals surface area (Å²) >= 11 is 0. The number of hydrogen-bond donors (Lipinski definition) is 3. The predicted molar refractivity (Wildman–Crippen MR) is 140 cm³/mol. The third kappa shape index (κ3) is 6.09. The zero-order valence-corrected chi connectivity index (χ0v) is 20.2. The van der Waals surface area contributed by atoms with Gasteiger partial charge in [0, 0.05) is 41.0 Å². The monoisotopic (exact) mass is 500 g/mol. The van der Waals surface area contributed by atoms with Crippen molar-refractivity contribution in [2.24, 2.45) is 0 Å². The molecule has 0 amide bonds. The molecule has 4 aromatic rings. The van der Waals surface area contributed by atoms with Crippen LogP contribution >= 0.6 is 0 Å². The van der Waals surface area contributed by atoms with E-state index in [1.807, 2.05) is 6.07 Å². The first kappa shape index (κ1) is 25.3. The SMILES string of the molecule is COc1cc(Nc2ncccc2/C=C/C(=O)c2cccnc2Nc2ccc(F)cc2)cc(CO)c1OC. The minimum Gasteiger partial charge on any atom is -0.493 e. The van der Waals surface area contributed by atoms with Gasteiger partial charge in [0.25, 0.3) is 0 Å². The number of halogens is 1. The molecule has 2 aromatic carbocycles. The van der Waals surface area contributed by atoms with Crippen LogP contribution in [0.3, 0.4) is 0 Å². The smallest absolute Gasteiger partial charge is 0.189 e. The normalized spacial score (nSPS) is 10.8. The van der Waals surface area contributed by atoms with Gasteiger partial charge in [0.05, 0.1) is 26.4 Å². The van der Waals surface area contributed by atoms with Crippen LogP contribution in [-0.2, 0) is 6.61 Å². The fourth-order valence-corrected chi connectivity index (χ4v) is 3.66. The van der Waals surface area contributed by atoms with Crippen molar-refractivity contribution in [3.8, 4) is 11.5 Å². The molecule has 0 spiro atoms. The highest BCUT2D eigenvalue weighted by molar-refractivity contribution is 6.10. The maximum Gasteiger partial charge on any atom is 0.189 e. The summed E-state index contributed by atoms with van der Waals surface area (Å²) in [7, 11) is 3.02. The zero-order chi connectivity index (χ0) is 26.2. The van der Waals surface area contributed by atoms with Gasteiger partial charge in [-0.15, -0.1) is 0 Å². The number of aliphatic hydroxyl groups excluding tert-OH is 1. The molecule has 2 heterocycles. The Morgan fingerprint density at radius 1 is 0.946 bits per heavy atom. The second-order valence-corrected chi connectivity index (χ2v) is 7.82. The van der Waals surface area contributed by atoms with E-state index >= 15 is 0 Å². The van der Waals surface area contributed by atoms with Crippen molar-refractivity contribution in [1.82, 2.24) is 9.97 Å². The summed E-state index contributed by atoms with van der Waals surface area (Å²) in [6, 6.07) is 16.2. The third-order valence-corrected chi connectivity index (χ3v) is 5.42. The quantitative estimate of drug-likeness (QED) is 0.193. The first-order valence-corrected chi connectivity index (χ1v) is 11.3. The van der Waals surface area contributed by atoms with Gasteiger partial charge in [0.1, 0.15) is 17.5 Å². The van der Waals surface area contributed by atoms with Crippen LogP contribution in [0, 0.1) is 5.82 Å². The van der Waals surface area contributed by atoms with Crippen LogP contribution in [-0.4, -0.2) is 35.1 Å². The molecular weight excluding hydrogens is 475 g/mol. The molecule has 0 atom stereocenters. The van der Waals surface area contributed by atoms with Gasteiger partial charge in [-0.05, 0) is 66.7 Å². The Morgan fingerprint density at radius 2 is 1.65 bits per heavy atom. The molecule has 0 aliphatic carbocycles. The second-order valence-electron chi connectivity index (χ2n) is 7.82. The molecule has 0 saturated carbocycles. The molecule has 0 fully saturated rings. The lowest BCUT2D eigenvalue weighted by Crippen LogP contribution is -2.04. The Bertz CT molecular complexity index is 1400. The number of pyridine rings is 2. The first-order valence-electron chi connectivity index (χ1n) is 11.3. The van der Waals surface area contributed by atoms with Crippen LogP contribution in [0.25, 0.3) is 6.08 Å². The number of anilines is 4. The largest absolute Gasteiger partial charge is 0.493 e. The van der Waals surface area contributed by atoms with Crippen molar-refractivity contribution in [2.45, 2.75) is 6.61 Å². The number of benzene rings is 2. The number of ketones is 1. The lowest BCUT2D eigenvalue weighted by atomic mass is 10.1. The molecule has 0 unspecified atom stereocenters. The molecule has 4 rings (SSSR count). The van der Waals surface area contributed by atoms with E-state index in [1.165, 1.54) is 32.4 Å². The number of aromatic nitrogens is 2. The molecule has 0 aliphatic rings. The summed E-state index contributed by atoms with van der Waals surface area (Å²) in [5.74, 6) is 1.13. The van der Waals surface area contributed by atoms with Crippen LogP contribution in [0.1, 0.15) is 21.5 Å². The summed E-state index contributed by atoms with van der Waals surface area (Å²) in [4.78, 5) is 21.7. The maximum absolute atomic E-state index is 13.2. The average Bonchev–Trinajstić information content (AvgIpc) is 2.93. The lowest BCUT2D eigenvalue weighted by molar-refractivity contribution is 0.104. The highest BCUT2D eigenvalue weighted by Gasteiger charge is 2.14. The van der Waals surface area contributed by atoms with Gasteiger partial charge in [-0.3, -0.25) is 4.79 Å². The van der Waals surface area contributed by atoms with E-state index in [1.54, 1.807) is 60.9 Å². The predicted octanol–water partition coefficient (Wildman–Crippen LogP) is 5.51. The Hall–Kier alpha value is -4.76. The molecular formula is C28H25FN4O4. The third-order valence-electron chi connectivity index (χ3n) is 5.42. The number of ether oxygens (including phenoxy) is 2. The molecule has 0 saturated heterocycles. The molecule has 0 aliphatic heterocycles. The number of nitrogens with one attached hydrogen (secondary N) is 2. The van der Waals surface area contributed by atoms with Gasteiger partial charge in [-0.2, -0.15) is 0 Å². The van der Waals surface area contributed by atoms with E-state index in [4.69, 9.17) is 9.47 Å². The van der Waals surface area contributed by atoms with E-state index in [9.17, 15) is 14.3 Å². The van der Waals surface area contributed by atoms with Crippen molar-refractivity contribution in [3.05, 3.63) is 102 Å². The van der Waals surface area contributed by atoms with Gasteiger partial charge >= 0.3 is 0 Å². The van der Waals surface area contributed by atoms with Crippen LogP contribution < -0.4 is 20.1 Å². The summed E-state index contributed by atoms with van der Waals surface area (Å²) in [5, 5.41) is 16.0. The van der Waals surface area contributed by atoms with Crippen LogP contribution in [0.5, 0.6) is 11.5 Å². The Morgan fingerprint density at radius 3 is 2.35 bits per heavy atom. The Balaban J connectivity index is 1.57. The second kappa shape index (κ2) is 11.8. The van der Waals surface area contributed by atoms with E-state index in [2.05, 4.69) is 20.6 Å². The molecule has 3 N–H and O–H groups in total. The number of methoxy groups -OCH3 is 2. The number of aliphatic hydroxyl groups is 1. The number of rotatable bonds is 10. The van der Waals surface area contributed by atoms with Crippen LogP contribution in [0.15, 0.2) is 79.1 Å². The van der Waals surface area contributed by atoms with Gasteiger partial charge in [-0.1, -0.05) is 0 Å². The molecule has 9 heteroatoms. The van der Waals surface area contributed by atoms with Gasteiger partial charge in [0.2, 0.25) is 0 Å². The minimum absolute atomic E-state index is 0.238. The highest BCUT2D eigenvalue weighted by Crippen LogP contribution is 2.36. The van der Waals surface area contributed by atoms with E-state index in [0.29, 0.717) is 51.2 Å². The van der Waals surface area contributed by atoms with Crippen molar-refractivity contribution >= 4 is 34.9 Å². The maximum atomic E-state index is 13.2. The topological polar surface area (TPSA) is 106 Å². The van der Waals surface area contributed by atoms with Crippen molar-refractivity contribution < 1.29 is 23.8 Å². The van der Waals surface area contributed by atoms with Crippen molar-refractivity contribution in [1.29, 1.82) is 0 Å². The summed E-state index contributed by atoms with van der Waals surface area (Å²) < 4.78 is 24.0. The van der Waals surface area contributed by atoms with Crippen molar-refractivity contribution in [3.63, 3.8) is 0 Å². The van der Waals surface area contributed by atoms with Crippen LogP contribution in [0.4, 0.5) is 27.4 Å². The van der Waals surface area contributed by atoms with Crippen LogP contribution in [0.2, 0.25) is 0 Å². The fraction of sp³-hybridized carbons (Fsp3) is 0.107. The first-order chi connectivity index (χ1) is 18.0. The molecule has 2 aromatic heterocycles. The molecule has 37 heavy (non-hydrogen) atoms. The number of allylic oxidation sites excluding steroid dienone is 1. The minimum atomic E-state index is -0.354. The number of carbonyl (C=O) groups excluding carboxylic acids is 1. The number of carbonyl (C=O) groups is 1.